The quantitative estimate of drug-likeness (QED) is 0.640. The van der Waals surface area contributed by atoms with E-state index < -0.39 is 0 Å². The molecule has 0 saturated heterocycles. The lowest BCUT2D eigenvalue weighted by Crippen LogP contribution is -2.41. The predicted molar refractivity (Wildman–Crippen MR) is 87.1 cm³/mol. The van der Waals surface area contributed by atoms with Crippen LogP contribution in [-0.4, -0.2) is 26.1 Å². The van der Waals surface area contributed by atoms with Crippen molar-refractivity contribution >= 4 is 21.9 Å². The molecule has 1 aromatic rings. The van der Waals surface area contributed by atoms with E-state index in [-0.39, 0.29) is 0 Å². The van der Waals surface area contributed by atoms with Crippen molar-refractivity contribution in [3.8, 4) is 0 Å². The van der Waals surface area contributed by atoms with Crippen LogP contribution >= 0.6 is 15.9 Å². The van der Waals surface area contributed by atoms with Gasteiger partial charge in [0.2, 0.25) is 0 Å². The van der Waals surface area contributed by atoms with Crippen molar-refractivity contribution in [1.82, 2.24) is 10.6 Å². The zero-order chi connectivity index (χ0) is 14.0. The molecule has 0 radical (unpaired) electrons. The molecular weight excluding hydrogens is 314 g/mol. The van der Waals surface area contributed by atoms with E-state index in [9.17, 15) is 0 Å². The summed E-state index contributed by atoms with van der Waals surface area (Å²) in [4.78, 5) is 4.32. The summed E-state index contributed by atoms with van der Waals surface area (Å²) >= 11 is 3.57. The summed E-state index contributed by atoms with van der Waals surface area (Å²) in [7, 11) is 1.85. The lowest BCUT2D eigenvalue weighted by molar-refractivity contribution is 0.640. The standard InChI is InChI=1S/C16H22BrN3/c1-18-15(19-10-12-5-6-12)20-11-16(7-8-16)13-3-2-4-14(17)9-13/h2-4,9,12H,5-8,10-11H2,1H3,(H2,18,19,20). The summed E-state index contributed by atoms with van der Waals surface area (Å²) < 4.78 is 1.16. The van der Waals surface area contributed by atoms with Crippen LogP contribution in [0.25, 0.3) is 0 Å². The fraction of sp³-hybridized carbons (Fsp3) is 0.562. The fourth-order valence-electron chi connectivity index (χ4n) is 2.57. The first kappa shape index (κ1) is 13.9. The molecular formula is C16H22BrN3. The molecule has 1 aromatic carbocycles. The first-order valence-electron chi connectivity index (χ1n) is 7.42. The van der Waals surface area contributed by atoms with E-state index in [1.165, 1.54) is 31.2 Å². The molecule has 20 heavy (non-hydrogen) atoms. The monoisotopic (exact) mass is 335 g/mol. The minimum atomic E-state index is 0.307. The van der Waals surface area contributed by atoms with Crippen LogP contribution in [0.4, 0.5) is 0 Å². The second-order valence-electron chi connectivity index (χ2n) is 6.04. The largest absolute Gasteiger partial charge is 0.356 e. The Hall–Kier alpha value is -1.03. The van der Waals surface area contributed by atoms with Gasteiger partial charge in [-0.1, -0.05) is 28.1 Å². The van der Waals surface area contributed by atoms with Gasteiger partial charge in [0.05, 0.1) is 0 Å². The maximum atomic E-state index is 4.32. The van der Waals surface area contributed by atoms with E-state index in [0.717, 1.165) is 29.4 Å². The average molecular weight is 336 g/mol. The van der Waals surface area contributed by atoms with Gasteiger partial charge in [-0.25, -0.2) is 0 Å². The SMILES string of the molecule is CN=C(NCC1CC1)NCC1(c2cccc(Br)c2)CC1. The molecule has 0 atom stereocenters. The van der Waals surface area contributed by atoms with E-state index in [2.05, 4.69) is 55.8 Å². The van der Waals surface area contributed by atoms with Crippen LogP contribution in [0.3, 0.4) is 0 Å². The molecule has 4 heteroatoms. The van der Waals surface area contributed by atoms with Gasteiger partial charge in [0.1, 0.15) is 0 Å². The Kier molecular flexibility index (Phi) is 4.01. The molecule has 2 fully saturated rings. The Bertz CT molecular complexity index is 504. The second-order valence-corrected chi connectivity index (χ2v) is 6.96. The number of nitrogens with one attached hydrogen (secondary N) is 2. The zero-order valence-corrected chi connectivity index (χ0v) is 13.5. The molecule has 0 bridgehead atoms. The number of halogens is 1. The lowest BCUT2D eigenvalue weighted by atomic mass is 9.96. The molecule has 0 aliphatic heterocycles. The zero-order valence-electron chi connectivity index (χ0n) is 12.0. The highest BCUT2D eigenvalue weighted by Crippen LogP contribution is 2.48. The summed E-state index contributed by atoms with van der Waals surface area (Å²) in [5.74, 6) is 1.81. The van der Waals surface area contributed by atoms with Crippen LogP contribution in [0.1, 0.15) is 31.2 Å². The Morgan fingerprint density at radius 1 is 1.35 bits per heavy atom. The average Bonchev–Trinajstić information content (AvgIpc) is 3.35. The third-order valence-corrected chi connectivity index (χ3v) is 4.86. The fourth-order valence-corrected chi connectivity index (χ4v) is 2.97. The maximum absolute atomic E-state index is 4.32. The van der Waals surface area contributed by atoms with Crippen LogP contribution in [0.5, 0.6) is 0 Å². The highest BCUT2D eigenvalue weighted by Gasteiger charge is 2.44. The summed E-state index contributed by atoms with van der Waals surface area (Å²) in [6.45, 7) is 2.03. The first-order valence-corrected chi connectivity index (χ1v) is 8.22. The van der Waals surface area contributed by atoms with Crippen LogP contribution in [-0.2, 0) is 5.41 Å². The molecule has 3 rings (SSSR count). The summed E-state index contributed by atoms with van der Waals surface area (Å²) in [6.07, 6.45) is 5.25. The molecule has 2 aliphatic carbocycles. The molecule has 0 unspecified atom stereocenters. The molecule has 2 aliphatic rings. The van der Waals surface area contributed by atoms with Crippen LogP contribution in [0.15, 0.2) is 33.7 Å². The van der Waals surface area contributed by atoms with E-state index in [1.54, 1.807) is 0 Å². The molecule has 108 valence electrons. The molecule has 0 amide bonds. The van der Waals surface area contributed by atoms with Crippen LogP contribution in [0.2, 0.25) is 0 Å². The number of aliphatic imine (C=N–C) groups is 1. The van der Waals surface area contributed by atoms with Crippen LogP contribution < -0.4 is 10.6 Å². The Morgan fingerprint density at radius 3 is 2.75 bits per heavy atom. The predicted octanol–water partition coefficient (Wildman–Crippen LogP) is 3.06. The third kappa shape index (κ3) is 3.35. The minimum Gasteiger partial charge on any atom is -0.356 e. The van der Waals surface area contributed by atoms with Crippen molar-refractivity contribution in [2.24, 2.45) is 10.9 Å². The van der Waals surface area contributed by atoms with Gasteiger partial charge in [0, 0.05) is 30.0 Å². The maximum Gasteiger partial charge on any atom is 0.191 e. The Morgan fingerprint density at radius 2 is 2.15 bits per heavy atom. The smallest absolute Gasteiger partial charge is 0.191 e. The summed E-state index contributed by atoms with van der Waals surface area (Å²) in [6, 6.07) is 8.69. The number of hydrogen-bond acceptors (Lipinski definition) is 1. The highest BCUT2D eigenvalue weighted by molar-refractivity contribution is 9.10. The normalized spacial score (nSPS) is 20.6. The highest BCUT2D eigenvalue weighted by atomic mass is 79.9. The second kappa shape index (κ2) is 5.76. The van der Waals surface area contributed by atoms with Gasteiger partial charge in [-0.05, 0) is 49.3 Å². The van der Waals surface area contributed by atoms with Gasteiger partial charge in [0.15, 0.2) is 5.96 Å². The van der Waals surface area contributed by atoms with Crippen molar-refractivity contribution in [2.45, 2.75) is 31.1 Å². The molecule has 0 heterocycles. The van der Waals surface area contributed by atoms with Crippen molar-refractivity contribution in [3.63, 3.8) is 0 Å². The van der Waals surface area contributed by atoms with Crippen molar-refractivity contribution < 1.29 is 0 Å². The number of rotatable bonds is 5. The Labute approximate surface area is 129 Å². The van der Waals surface area contributed by atoms with E-state index in [4.69, 9.17) is 0 Å². The van der Waals surface area contributed by atoms with Crippen molar-refractivity contribution in [2.75, 3.05) is 20.1 Å². The number of hydrogen-bond donors (Lipinski definition) is 2. The van der Waals surface area contributed by atoms with Crippen LogP contribution in [0, 0.1) is 5.92 Å². The molecule has 2 saturated carbocycles. The van der Waals surface area contributed by atoms with Gasteiger partial charge < -0.3 is 10.6 Å². The molecule has 0 aromatic heterocycles. The van der Waals surface area contributed by atoms with E-state index in [1.807, 2.05) is 7.05 Å². The number of benzene rings is 1. The number of guanidine groups is 1. The topological polar surface area (TPSA) is 36.4 Å². The number of nitrogens with zero attached hydrogens (tertiary/aromatic N) is 1. The minimum absolute atomic E-state index is 0.307. The van der Waals surface area contributed by atoms with Gasteiger partial charge in [-0.3, -0.25) is 4.99 Å². The van der Waals surface area contributed by atoms with E-state index in [0.29, 0.717) is 5.41 Å². The molecule has 0 spiro atoms. The Balaban J connectivity index is 1.56. The lowest BCUT2D eigenvalue weighted by Gasteiger charge is -2.19. The summed E-state index contributed by atoms with van der Waals surface area (Å²) in [5, 5.41) is 6.92. The van der Waals surface area contributed by atoms with Gasteiger partial charge in [-0.2, -0.15) is 0 Å². The van der Waals surface area contributed by atoms with Gasteiger partial charge in [-0.15, -0.1) is 0 Å². The summed E-state index contributed by atoms with van der Waals surface area (Å²) in [5.41, 5.74) is 1.73. The third-order valence-electron chi connectivity index (χ3n) is 4.36. The van der Waals surface area contributed by atoms with Gasteiger partial charge in [0.25, 0.3) is 0 Å². The van der Waals surface area contributed by atoms with E-state index >= 15 is 0 Å². The first-order chi connectivity index (χ1) is 9.72. The van der Waals surface area contributed by atoms with Crippen molar-refractivity contribution in [1.29, 1.82) is 0 Å². The molecule has 3 nitrogen and oxygen atoms in total. The van der Waals surface area contributed by atoms with Crippen molar-refractivity contribution in [3.05, 3.63) is 34.3 Å². The van der Waals surface area contributed by atoms with Gasteiger partial charge >= 0.3 is 0 Å². The molecule has 2 N–H and O–H groups in total.